The molecule has 1 amide bonds. The SMILES string of the molecule is CCCCCCCCCCCCCCCCSCC(COP(=O)(O)O)CC(N)=O. The molecule has 0 fully saturated rings. The van der Waals surface area contributed by atoms with Crippen LogP contribution < -0.4 is 5.73 Å². The topological polar surface area (TPSA) is 110 Å². The molecule has 0 radical (unpaired) electrons. The van der Waals surface area contributed by atoms with Crippen LogP contribution in [0, 0.1) is 5.92 Å². The van der Waals surface area contributed by atoms with E-state index in [9.17, 15) is 9.36 Å². The van der Waals surface area contributed by atoms with Crippen molar-refractivity contribution >= 4 is 25.5 Å². The molecule has 0 heterocycles. The van der Waals surface area contributed by atoms with Crippen molar-refractivity contribution in [3.05, 3.63) is 0 Å². The summed E-state index contributed by atoms with van der Waals surface area (Å²) in [5.74, 6) is 0.892. The Labute approximate surface area is 182 Å². The molecule has 0 spiro atoms. The number of phosphoric acid groups is 1. The van der Waals surface area contributed by atoms with E-state index in [2.05, 4.69) is 11.4 Å². The average Bonchev–Trinajstić information content (AvgIpc) is 2.64. The summed E-state index contributed by atoms with van der Waals surface area (Å²) in [6.07, 6.45) is 18.8. The molecule has 0 saturated heterocycles. The quantitative estimate of drug-likeness (QED) is 0.141. The van der Waals surface area contributed by atoms with Crippen LogP contribution in [0.4, 0.5) is 0 Å². The van der Waals surface area contributed by atoms with Crippen molar-refractivity contribution in [2.75, 3.05) is 18.1 Å². The van der Waals surface area contributed by atoms with Crippen molar-refractivity contribution < 1.29 is 23.7 Å². The molecule has 1 unspecified atom stereocenters. The Kier molecular flexibility index (Phi) is 19.8. The smallest absolute Gasteiger partial charge is 0.370 e. The first-order chi connectivity index (χ1) is 13.8. The lowest BCUT2D eigenvalue weighted by Gasteiger charge is -2.15. The van der Waals surface area contributed by atoms with Gasteiger partial charge in [0.1, 0.15) is 0 Å². The summed E-state index contributed by atoms with van der Waals surface area (Å²) in [6, 6.07) is 0. The fraction of sp³-hybridized carbons (Fsp3) is 0.952. The summed E-state index contributed by atoms with van der Waals surface area (Å²) in [5, 5.41) is 0. The summed E-state index contributed by atoms with van der Waals surface area (Å²) in [6.45, 7) is 2.12. The minimum Gasteiger partial charge on any atom is -0.370 e. The van der Waals surface area contributed by atoms with Crippen LogP contribution in [0.2, 0.25) is 0 Å². The lowest BCUT2D eigenvalue weighted by Crippen LogP contribution is -2.21. The molecule has 0 saturated carbocycles. The first-order valence-corrected chi connectivity index (χ1v) is 14.1. The molecule has 29 heavy (non-hydrogen) atoms. The number of nitrogens with two attached hydrogens (primary N) is 1. The number of hydrogen-bond donors (Lipinski definition) is 3. The van der Waals surface area contributed by atoms with Gasteiger partial charge >= 0.3 is 7.82 Å². The van der Waals surface area contributed by atoms with Gasteiger partial charge in [-0.1, -0.05) is 90.4 Å². The minimum absolute atomic E-state index is 0.0890. The van der Waals surface area contributed by atoms with Gasteiger partial charge in [-0.25, -0.2) is 4.57 Å². The molecular formula is C21H44NO5PS. The van der Waals surface area contributed by atoms with Gasteiger partial charge < -0.3 is 15.5 Å². The van der Waals surface area contributed by atoms with Gasteiger partial charge in [-0.05, 0) is 17.9 Å². The Bertz CT molecular complexity index is 433. The second-order valence-electron chi connectivity index (χ2n) is 7.99. The second-order valence-corrected chi connectivity index (χ2v) is 10.4. The van der Waals surface area contributed by atoms with Crippen molar-refractivity contribution in [3.8, 4) is 0 Å². The first kappa shape index (κ1) is 28.9. The van der Waals surface area contributed by atoms with Gasteiger partial charge in [0.15, 0.2) is 0 Å². The highest BCUT2D eigenvalue weighted by Crippen LogP contribution is 2.36. The van der Waals surface area contributed by atoms with E-state index in [0.29, 0.717) is 5.75 Å². The van der Waals surface area contributed by atoms with Crippen LogP contribution in [-0.4, -0.2) is 33.8 Å². The van der Waals surface area contributed by atoms with Crippen molar-refractivity contribution in [1.82, 2.24) is 0 Å². The van der Waals surface area contributed by atoms with E-state index in [1.807, 2.05) is 0 Å². The molecule has 174 valence electrons. The van der Waals surface area contributed by atoms with Crippen LogP contribution in [0.15, 0.2) is 0 Å². The maximum absolute atomic E-state index is 11.1. The van der Waals surface area contributed by atoms with Crippen molar-refractivity contribution in [2.45, 2.75) is 103 Å². The van der Waals surface area contributed by atoms with Gasteiger partial charge in [0.2, 0.25) is 5.91 Å². The van der Waals surface area contributed by atoms with Gasteiger partial charge in [0, 0.05) is 12.3 Å². The molecule has 0 bridgehead atoms. The first-order valence-electron chi connectivity index (χ1n) is 11.4. The number of hydrogen-bond acceptors (Lipinski definition) is 4. The van der Waals surface area contributed by atoms with Crippen molar-refractivity contribution in [1.29, 1.82) is 0 Å². The maximum atomic E-state index is 11.1. The highest BCUT2D eigenvalue weighted by Gasteiger charge is 2.19. The molecule has 0 aromatic rings. The molecule has 0 aliphatic heterocycles. The van der Waals surface area contributed by atoms with Crippen LogP contribution in [0.1, 0.15) is 103 Å². The lowest BCUT2D eigenvalue weighted by atomic mass is 10.0. The summed E-state index contributed by atoms with van der Waals surface area (Å²) < 4.78 is 15.3. The van der Waals surface area contributed by atoms with Crippen molar-refractivity contribution in [2.24, 2.45) is 11.7 Å². The summed E-state index contributed by atoms with van der Waals surface area (Å²) in [7, 11) is -4.50. The molecule has 0 aliphatic rings. The average molecular weight is 454 g/mol. The zero-order valence-corrected chi connectivity index (χ0v) is 20.1. The third-order valence-corrected chi connectivity index (χ3v) is 6.73. The molecule has 0 aromatic carbocycles. The number of thioether (sulfide) groups is 1. The minimum atomic E-state index is -4.50. The van der Waals surface area contributed by atoms with E-state index < -0.39 is 13.7 Å². The Morgan fingerprint density at radius 1 is 0.897 bits per heavy atom. The third-order valence-electron chi connectivity index (χ3n) is 4.96. The number of unbranched alkanes of at least 4 members (excludes halogenated alkanes) is 13. The second kappa shape index (κ2) is 19.9. The summed E-state index contributed by atoms with van der Waals surface area (Å²) in [4.78, 5) is 28.6. The Morgan fingerprint density at radius 2 is 1.34 bits per heavy atom. The summed E-state index contributed by atoms with van der Waals surface area (Å²) in [5.41, 5.74) is 5.20. The van der Waals surface area contributed by atoms with E-state index in [1.165, 1.54) is 83.5 Å². The number of phosphoric ester groups is 1. The number of primary amides is 1. The van der Waals surface area contributed by atoms with E-state index >= 15 is 0 Å². The fourth-order valence-electron chi connectivity index (χ4n) is 3.30. The third kappa shape index (κ3) is 24.1. The van der Waals surface area contributed by atoms with Crippen LogP contribution in [0.25, 0.3) is 0 Å². The van der Waals surface area contributed by atoms with Gasteiger partial charge in [0.05, 0.1) is 6.61 Å². The lowest BCUT2D eigenvalue weighted by molar-refractivity contribution is -0.119. The van der Waals surface area contributed by atoms with E-state index in [4.69, 9.17) is 15.5 Å². The Hall–Kier alpha value is -0.0700. The zero-order valence-electron chi connectivity index (χ0n) is 18.4. The van der Waals surface area contributed by atoms with E-state index in [1.54, 1.807) is 11.8 Å². The van der Waals surface area contributed by atoms with E-state index in [-0.39, 0.29) is 18.9 Å². The van der Waals surface area contributed by atoms with Gasteiger partial charge in [-0.2, -0.15) is 11.8 Å². The van der Waals surface area contributed by atoms with Gasteiger partial charge in [-0.3, -0.25) is 9.32 Å². The van der Waals surface area contributed by atoms with Gasteiger partial charge in [-0.15, -0.1) is 0 Å². The molecule has 1 atom stereocenters. The number of amides is 1. The predicted molar refractivity (Wildman–Crippen MR) is 123 cm³/mol. The summed E-state index contributed by atoms with van der Waals surface area (Å²) >= 11 is 1.70. The predicted octanol–water partition coefficient (Wildman–Crippen LogP) is 5.80. The number of carbonyl (C=O) groups is 1. The maximum Gasteiger partial charge on any atom is 0.469 e. The molecule has 0 aromatic heterocycles. The molecule has 0 aliphatic carbocycles. The van der Waals surface area contributed by atoms with E-state index in [0.717, 1.165) is 12.2 Å². The van der Waals surface area contributed by atoms with Crippen LogP contribution >= 0.6 is 19.6 Å². The monoisotopic (exact) mass is 453 g/mol. The fourth-order valence-corrected chi connectivity index (χ4v) is 4.83. The normalized spacial score (nSPS) is 12.9. The van der Waals surface area contributed by atoms with Crippen LogP contribution in [0.5, 0.6) is 0 Å². The molecular weight excluding hydrogens is 409 g/mol. The Balaban J connectivity index is 3.45. The highest BCUT2D eigenvalue weighted by molar-refractivity contribution is 7.99. The molecule has 4 N–H and O–H groups in total. The Morgan fingerprint density at radius 3 is 1.76 bits per heavy atom. The zero-order chi connectivity index (χ0) is 21.8. The number of rotatable bonds is 22. The largest absolute Gasteiger partial charge is 0.469 e. The number of carbonyl (C=O) groups excluding carboxylic acids is 1. The molecule has 6 nitrogen and oxygen atoms in total. The van der Waals surface area contributed by atoms with Crippen LogP contribution in [-0.2, 0) is 13.9 Å². The van der Waals surface area contributed by atoms with Crippen molar-refractivity contribution in [3.63, 3.8) is 0 Å². The van der Waals surface area contributed by atoms with Gasteiger partial charge in [0.25, 0.3) is 0 Å². The van der Waals surface area contributed by atoms with Crippen LogP contribution in [0.3, 0.4) is 0 Å². The molecule has 8 heteroatoms. The standard InChI is InChI=1S/C21H44NO5PS/c1-2-3-4-5-6-7-8-9-10-11-12-13-14-15-16-29-19-20(17-21(22)23)18-27-28(24,25)26/h20H,2-19H2,1H3,(H2,22,23)(H2,24,25,26). The molecule has 0 rings (SSSR count). The highest BCUT2D eigenvalue weighted by atomic mass is 32.2.